The van der Waals surface area contributed by atoms with Crippen molar-refractivity contribution in [2.45, 2.75) is 50.5 Å². The van der Waals surface area contributed by atoms with Crippen molar-refractivity contribution >= 4 is 21.8 Å². The number of hydrogen-bond donors (Lipinski definition) is 0. The van der Waals surface area contributed by atoms with Gasteiger partial charge in [0.1, 0.15) is 11.3 Å². The summed E-state index contributed by atoms with van der Waals surface area (Å²) in [6.45, 7) is 3.71. The minimum atomic E-state index is -3.71. The van der Waals surface area contributed by atoms with E-state index in [4.69, 9.17) is 9.47 Å². The summed E-state index contributed by atoms with van der Waals surface area (Å²) in [5, 5.41) is 0. The minimum absolute atomic E-state index is 0.0163. The van der Waals surface area contributed by atoms with Gasteiger partial charge in [-0.3, -0.25) is 4.79 Å². The third-order valence-corrected chi connectivity index (χ3v) is 6.34. The fraction of sp³-hybridized carbons (Fsp3) is 0.556. The molecule has 0 amide bonds. The fourth-order valence-corrected chi connectivity index (χ4v) is 4.29. The van der Waals surface area contributed by atoms with E-state index >= 15 is 0 Å². The zero-order valence-electron chi connectivity index (χ0n) is 15.4. The molecule has 0 radical (unpaired) electrons. The van der Waals surface area contributed by atoms with Crippen LogP contribution in [0.2, 0.25) is 0 Å². The molecule has 1 aromatic carbocycles. The van der Waals surface area contributed by atoms with E-state index in [1.807, 2.05) is 0 Å². The summed E-state index contributed by atoms with van der Waals surface area (Å²) in [6, 6.07) is 4.11. The van der Waals surface area contributed by atoms with Crippen LogP contribution in [-0.2, 0) is 19.6 Å². The first-order valence-electron chi connectivity index (χ1n) is 8.67. The number of hydrogen-bond acceptors (Lipinski definition) is 6. The molecule has 1 atom stereocenters. The first-order valence-corrected chi connectivity index (χ1v) is 10.1. The van der Waals surface area contributed by atoms with Gasteiger partial charge in [0.25, 0.3) is 0 Å². The van der Waals surface area contributed by atoms with Crippen molar-refractivity contribution in [3.8, 4) is 5.75 Å². The van der Waals surface area contributed by atoms with Gasteiger partial charge in [-0.25, -0.2) is 13.2 Å². The van der Waals surface area contributed by atoms with Gasteiger partial charge in [0.05, 0.1) is 12.0 Å². The lowest BCUT2D eigenvalue weighted by Crippen LogP contribution is -2.32. The van der Waals surface area contributed by atoms with Crippen molar-refractivity contribution in [3.05, 3.63) is 23.8 Å². The number of carbonyl (C=O) groups is 2. The van der Waals surface area contributed by atoms with Crippen molar-refractivity contribution < 1.29 is 27.5 Å². The predicted molar refractivity (Wildman–Crippen MR) is 95.8 cm³/mol. The van der Waals surface area contributed by atoms with Crippen LogP contribution in [0.3, 0.4) is 0 Å². The van der Waals surface area contributed by atoms with E-state index in [1.165, 1.54) is 43.5 Å². The lowest BCUT2D eigenvalue weighted by Gasteiger charge is -2.21. The highest BCUT2D eigenvalue weighted by molar-refractivity contribution is 7.89. The van der Waals surface area contributed by atoms with Crippen molar-refractivity contribution in [3.63, 3.8) is 0 Å². The Balaban J connectivity index is 2.36. The maximum Gasteiger partial charge on any atom is 0.342 e. The molecule has 1 aliphatic heterocycles. The third kappa shape index (κ3) is 4.62. The van der Waals surface area contributed by atoms with E-state index in [0.717, 1.165) is 25.7 Å². The maximum absolute atomic E-state index is 12.9. The number of ether oxygens (including phenoxy) is 2. The highest BCUT2D eigenvalue weighted by atomic mass is 32.2. The fourth-order valence-electron chi connectivity index (χ4n) is 2.75. The summed E-state index contributed by atoms with van der Waals surface area (Å²) in [5.41, 5.74) is -0.0171. The average Bonchev–Trinajstić information content (AvgIpc) is 2.90. The Hall–Kier alpha value is -1.93. The van der Waals surface area contributed by atoms with Crippen LogP contribution >= 0.6 is 0 Å². The summed E-state index contributed by atoms with van der Waals surface area (Å²) in [5.74, 6) is -0.899. The molecule has 0 aromatic heterocycles. The first kappa shape index (κ1) is 20.4. The zero-order valence-corrected chi connectivity index (χ0v) is 16.2. The van der Waals surface area contributed by atoms with Gasteiger partial charge < -0.3 is 9.47 Å². The predicted octanol–water partition coefficient (Wildman–Crippen LogP) is 2.39. The molecule has 2 rings (SSSR count). The van der Waals surface area contributed by atoms with Crippen LogP contribution in [-0.4, -0.2) is 50.8 Å². The van der Waals surface area contributed by atoms with Crippen LogP contribution in [0.5, 0.6) is 5.75 Å². The lowest BCUT2D eigenvalue weighted by atomic mass is 10.2. The summed E-state index contributed by atoms with van der Waals surface area (Å²) >= 11 is 0. The normalized spacial score (nSPS) is 17.2. The van der Waals surface area contributed by atoms with Gasteiger partial charge in [-0.1, -0.05) is 12.8 Å². The molecule has 0 aliphatic carbocycles. The van der Waals surface area contributed by atoms with Gasteiger partial charge in [0.2, 0.25) is 10.0 Å². The van der Waals surface area contributed by atoms with Gasteiger partial charge in [0, 0.05) is 13.1 Å². The minimum Gasteiger partial charge on any atom is -0.496 e. The monoisotopic (exact) mass is 383 g/mol. The molecular formula is C18H25NO6S. The molecular weight excluding hydrogens is 358 g/mol. The first-order chi connectivity index (χ1) is 12.3. The molecule has 0 N–H and O–H groups in total. The second kappa shape index (κ2) is 8.64. The maximum atomic E-state index is 12.9. The number of carbonyl (C=O) groups excluding carboxylic acids is 2. The number of benzene rings is 1. The highest BCUT2D eigenvalue weighted by Gasteiger charge is 2.28. The third-order valence-electron chi connectivity index (χ3n) is 4.45. The van der Waals surface area contributed by atoms with Crippen molar-refractivity contribution in [2.75, 3.05) is 20.2 Å². The van der Waals surface area contributed by atoms with E-state index in [1.54, 1.807) is 0 Å². The Labute approximate surface area is 154 Å². The zero-order chi connectivity index (χ0) is 19.3. The van der Waals surface area contributed by atoms with Crippen LogP contribution in [0.25, 0.3) is 0 Å². The van der Waals surface area contributed by atoms with E-state index < -0.39 is 22.1 Å². The molecule has 1 heterocycles. The molecule has 1 aliphatic rings. The summed E-state index contributed by atoms with van der Waals surface area (Å²) in [7, 11) is -2.33. The number of rotatable bonds is 6. The number of nitrogens with zero attached hydrogens (tertiary/aromatic N) is 1. The largest absolute Gasteiger partial charge is 0.496 e. The number of sulfonamides is 1. The van der Waals surface area contributed by atoms with Crippen LogP contribution < -0.4 is 4.74 Å². The second-order valence-electron chi connectivity index (χ2n) is 6.34. The number of ketones is 1. The smallest absolute Gasteiger partial charge is 0.342 e. The molecule has 1 aromatic rings. The van der Waals surface area contributed by atoms with Crippen molar-refractivity contribution in [1.82, 2.24) is 4.31 Å². The quantitative estimate of drug-likeness (QED) is 0.701. The van der Waals surface area contributed by atoms with E-state index in [9.17, 15) is 18.0 Å². The molecule has 0 saturated carbocycles. The molecule has 8 heteroatoms. The summed E-state index contributed by atoms with van der Waals surface area (Å²) in [6.07, 6.45) is 2.74. The standard InChI is InChI=1S/C18H25NO6S/c1-13(20)14(2)25-18(21)16-12-15(8-9-17(16)24-3)26(22,23)19-10-6-4-5-7-11-19/h8-9,12,14H,4-7,10-11H2,1-3H3/t14-/m0/s1. The molecule has 26 heavy (non-hydrogen) atoms. The Morgan fingerprint density at radius 2 is 1.73 bits per heavy atom. The van der Waals surface area contributed by atoms with Gasteiger partial charge in [-0.2, -0.15) is 4.31 Å². The molecule has 1 fully saturated rings. The van der Waals surface area contributed by atoms with Gasteiger partial charge >= 0.3 is 5.97 Å². The molecule has 0 bridgehead atoms. The van der Waals surface area contributed by atoms with Gasteiger partial charge in [0.15, 0.2) is 11.9 Å². The molecule has 144 valence electrons. The van der Waals surface area contributed by atoms with E-state index in [-0.39, 0.29) is 22.0 Å². The molecule has 0 unspecified atom stereocenters. The molecule has 1 saturated heterocycles. The van der Waals surface area contributed by atoms with E-state index in [2.05, 4.69) is 0 Å². The van der Waals surface area contributed by atoms with Crippen LogP contribution in [0, 0.1) is 0 Å². The van der Waals surface area contributed by atoms with Gasteiger partial charge in [-0.05, 0) is 44.9 Å². The summed E-state index contributed by atoms with van der Waals surface area (Å²) < 4.78 is 37.5. The average molecular weight is 383 g/mol. The highest BCUT2D eigenvalue weighted by Crippen LogP contribution is 2.27. The van der Waals surface area contributed by atoms with Crippen molar-refractivity contribution in [1.29, 1.82) is 0 Å². The molecule has 7 nitrogen and oxygen atoms in total. The lowest BCUT2D eigenvalue weighted by molar-refractivity contribution is -0.124. The topological polar surface area (TPSA) is 90.0 Å². The van der Waals surface area contributed by atoms with Crippen molar-refractivity contribution in [2.24, 2.45) is 0 Å². The Kier molecular flexibility index (Phi) is 6.77. The van der Waals surface area contributed by atoms with Gasteiger partial charge in [-0.15, -0.1) is 0 Å². The van der Waals surface area contributed by atoms with E-state index in [0.29, 0.717) is 13.1 Å². The number of methoxy groups -OCH3 is 1. The number of esters is 1. The van der Waals surface area contributed by atoms with Crippen LogP contribution in [0.15, 0.2) is 23.1 Å². The van der Waals surface area contributed by atoms with Crippen LogP contribution in [0.4, 0.5) is 0 Å². The second-order valence-corrected chi connectivity index (χ2v) is 8.28. The Bertz CT molecular complexity index is 766. The SMILES string of the molecule is COc1ccc(S(=O)(=O)N2CCCCCC2)cc1C(=O)O[C@@H](C)C(C)=O. The number of Topliss-reactive ketones (excluding diaryl/α,β-unsaturated/α-hetero) is 1. The summed E-state index contributed by atoms with van der Waals surface area (Å²) in [4.78, 5) is 23.7. The Morgan fingerprint density at radius 1 is 1.12 bits per heavy atom. The molecule has 0 spiro atoms. The Morgan fingerprint density at radius 3 is 2.27 bits per heavy atom. The van der Waals surface area contributed by atoms with Crippen LogP contribution in [0.1, 0.15) is 49.9 Å².